The van der Waals surface area contributed by atoms with Crippen LogP contribution < -0.4 is 11.1 Å². The van der Waals surface area contributed by atoms with Gasteiger partial charge in [-0.2, -0.15) is 0 Å². The number of anilines is 2. The molecule has 0 spiro atoms. The third-order valence-electron chi connectivity index (χ3n) is 2.59. The maximum atomic E-state index is 5.74. The van der Waals surface area contributed by atoms with Crippen LogP contribution in [0.25, 0.3) is 0 Å². The van der Waals surface area contributed by atoms with Crippen LogP contribution in [0.5, 0.6) is 0 Å². The van der Waals surface area contributed by atoms with Gasteiger partial charge in [0, 0.05) is 19.6 Å². The molecule has 0 saturated heterocycles. The molecule has 0 bridgehead atoms. The Hall–Kier alpha value is -1.36. The fourth-order valence-corrected chi connectivity index (χ4v) is 1.52. The van der Waals surface area contributed by atoms with E-state index in [9.17, 15) is 0 Å². The monoisotopic (exact) mass is 238 g/mol. The van der Waals surface area contributed by atoms with Gasteiger partial charge in [0.05, 0.1) is 12.6 Å². The van der Waals surface area contributed by atoms with E-state index in [2.05, 4.69) is 29.1 Å². The van der Waals surface area contributed by atoms with E-state index in [4.69, 9.17) is 10.5 Å². The Labute approximate surface area is 103 Å². The minimum atomic E-state index is 0.221. The van der Waals surface area contributed by atoms with Crippen molar-refractivity contribution in [2.24, 2.45) is 5.92 Å². The highest BCUT2D eigenvalue weighted by Gasteiger charge is 2.14. The first-order valence-corrected chi connectivity index (χ1v) is 5.95. The van der Waals surface area contributed by atoms with Gasteiger partial charge in [0.2, 0.25) is 0 Å². The lowest BCUT2D eigenvalue weighted by Crippen LogP contribution is -2.31. The van der Waals surface area contributed by atoms with E-state index in [1.165, 1.54) is 0 Å². The minimum absolute atomic E-state index is 0.221. The zero-order valence-corrected chi connectivity index (χ0v) is 11.0. The van der Waals surface area contributed by atoms with Crippen LogP contribution in [-0.2, 0) is 11.2 Å². The normalized spacial score (nSPS) is 12.8. The number of aromatic nitrogens is 2. The van der Waals surface area contributed by atoms with Crippen LogP contribution in [0, 0.1) is 5.92 Å². The van der Waals surface area contributed by atoms with Crippen LogP contribution in [0.4, 0.5) is 11.6 Å². The maximum Gasteiger partial charge on any atom is 0.132 e. The topological polar surface area (TPSA) is 73.1 Å². The van der Waals surface area contributed by atoms with Gasteiger partial charge in [0.1, 0.15) is 17.5 Å². The minimum Gasteiger partial charge on any atom is -0.384 e. The number of hydrogen-bond acceptors (Lipinski definition) is 5. The largest absolute Gasteiger partial charge is 0.384 e. The average molecular weight is 238 g/mol. The van der Waals surface area contributed by atoms with Crippen molar-refractivity contribution in [3.8, 4) is 0 Å². The van der Waals surface area contributed by atoms with Crippen molar-refractivity contribution in [3.05, 3.63) is 11.9 Å². The molecule has 0 aliphatic heterocycles. The molecule has 0 radical (unpaired) electrons. The second-order valence-corrected chi connectivity index (χ2v) is 4.40. The van der Waals surface area contributed by atoms with Gasteiger partial charge in [-0.05, 0) is 5.92 Å². The van der Waals surface area contributed by atoms with E-state index in [0.29, 0.717) is 18.3 Å². The molecule has 0 aromatic carbocycles. The molecule has 5 nitrogen and oxygen atoms in total. The van der Waals surface area contributed by atoms with Gasteiger partial charge in [-0.25, -0.2) is 9.97 Å². The summed E-state index contributed by atoms with van der Waals surface area (Å²) in [7, 11) is 1.70. The molecular weight excluding hydrogens is 216 g/mol. The number of nitrogen functional groups attached to an aromatic ring is 1. The quantitative estimate of drug-likeness (QED) is 0.789. The maximum absolute atomic E-state index is 5.74. The van der Waals surface area contributed by atoms with Crippen LogP contribution in [0.15, 0.2) is 6.07 Å². The third-order valence-corrected chi connectivity index (χ3v) is 2.59. The van der Waals surface area contributed by atoms with Gasteiger partial charge >= 0.3 is 0 Å². The zero-order valence-electron chi connectivity index (χ0n) is 11.0. The van der Waals surface area contributed by atoms with E-state index in [1.54, 1.807) is 13.2 Å². The van der Waals surface area contributed by atoms with E-state index in [1.807, 2.05) is 6.92 Å². The average Bonchev–Trinajstić information content (AvgIpc) is 2.27. The summed E-state index contributed by atoms with van der Waals surface area (Å²) >= 11 is 0. The molecule has 1 heterocycles. The molecule has 1 atom stereocenters. The molecular formula is C12H22N4O. The molecule has 5 heteroatoms. The molecule has 1 unspecified atom stereocenters. The van der Waals surface area contributed by atoms with Crippen LogP contribution >= 0.6 is 0 Å². The predicted molar refractivity (Wildman–Crippen MR) is 69.9 cm³/mol. The first kappa shape index (κ1) is 13.7. The van der Waals surface area contributed by atoms with Gasteiger partial charge in [0.15, 0.2) is 0 Å². The standard InChI is InChI=1S/C12H22N4O/c1-5-11-15-10(13)6-12(16-11)14-9(7-17-4)8(2)3/h6,8-9H,5,7H2,1-4H3,(H3,13,14,15,16). The Bertz CT molecular complexity index is 354. The van der Waals surface area contributed by atoms with Gasteiger partial charge in [-0.3, -0.25) is 0 Å². The van der Waals surface area contributed by atoms with E-state index in [0.717, 1.165) is 18.1 Å². The number of hydrogen-bond donors (Lipinski definition) is 2. The van der Waals surface area contributed by atoms with Crippen LogP contribution in [-0.4, -0.2) is 29.7 Å². The number of nitrogens with one attached hydrogen (secondary N) is 1. The molecule has 0 aliphatic carbocycles. The summed E-state index contributed by atoms with van der Waals surface area (Å²) in [6.07, 6.45) is 0.774. The van der Waals surface area contributed by atoms with Crippen molar-refractivity contribution in [1.29, 1.82) is 0 Å². The fourth-order valence-electron chi connectivity index (χ4n) is 1.52. The number of rotatable bonds is 6. The Kier molecular flexibility index (Phi) is 5.15. The van der Waals surface area contributed by atoms with E-state index < -0.39 is 0 Å². The number of methoxy groups -OCH3 is 1. The van der Waals surface area contributed by atoms with Gasteiger partial charge in [-0.15, -0.1) is 0 Å². The number of nitrogens with two attached hydrogens (primary N) is 1. The molecule has 17 heavy (non-hydrogen) atoms. The molecule has 3 N–H and O–H groups in total. The Morgan fingerprint density at radius 2 is 2.12 bits per heavy atom. The van der Waals surface area contributed by atoms with E-state index >= 15 is 0 Å². The van der Waals surface area contributed by atoms with Crippen LogP contribution in [0.2, 0.25) is 0 Å². The summed E-state index contributed by atoms with van der Waals surface area (Å²) in [5.74, 6) is 2.48. The molecule has 1 aromatic rings. The highest BCUT2D eigenvalue weighted by Crippen LogP contribution is 2.13. The molecule has 0 aliphatic rings. The zero-order chi connectivity index (χ0) is 12.8. The number of ether oxygens (including phenoxy) is 1. The molecule has 1 aromatic heterocycles. The first-order valence-electron chi connectivity index (χ1n) is 5.95. The molecule has 96 valence electrons. The van der Waals surface area contributed by atoms with Crippen LogP contribution in [0.1, 0.15) is 26.6 Å². The fraction of sp³-hybridized carbons (Fsp3) is 0.667. The van der Waals surface area contributed by atoms with Crippen LogP contribution in [0.3, 0.4) is 0 Å². The second-order valence-electron chi connectivity index (χ2n) is 4.40. The lowest BCUT2D eigenvalue weighted by molar-refractivity contribution is 0.171. The summed E-state index contributed by atoms with van der Waals surface area (Å²) < 4.78 is 5.19. The molecule has 0 amide bonds. The highest BCUT2D eigenvalue weighted by molar-refractivity contribution is 5.45. The lowest BCUT2D eigenvalue weighted by atomic mass is 10.1. The van der Waals surface area contributed by atoms with Crippen molar-refractivity contribution in [2.75, 3.05) is 24.8 Å². The summed E-state index contributed by atoms with van der Waals surface area (Å²) in [4.78, 5) is 8.54. The first-order chi connectivity index (χ1) is 8.06. The van der Waals surface area contributed by atoms with Crippen molar-refractivity contribution in [2.45, 2.75) is 33.2 Å². The number of aryl methyl sites for hydroxylation is 1. The van der Waals surface area contributed by atoms with Crippen molar-refractivity contribution < 1.29 is 4.74 Å². The summed E-state index contributed by atoms with van der Waals surface area (Å²) in [6.45, 7) is 6.93. The SMILES string of the molecule is CCc1nc(N)cc(NC(COC)C(C)C)n1. The van der Waals surface area contributed by atoms with E-state index in [-0.39, 0.29) is 6.04 Å². The molecule has 0 saturated carbocycles. The van der Waals surface area contributed by atoms with Gasteiger partial charge < -0.3 is 15.8 Å². The van der Waals surface area contributed by atoms with Gasteiger partial charge in [-0.1, -0.05) is 20.8 Å². The van der Waals surface area contributed by atoms with Gasteiger partial charge in [0.25, 0.3) is 0 Å². The number of nitrogens with zero attached hydrogens (tertiary/aromatic N) is 2. The summed E-state index contributed by atoms with van der Waals surface area (Å²) in [5, 5.41) is 3.34. The molecule has 1 rings (SSSR count). The lowest BCUT2D eigenvalue weighted by Gasteiger charge is -2.22. The molecule has 0 fully saturated rings. The summed E-state index contributed by atoms with van der Waals surface area (Å²) in [5.41, 5.74) is 5.74. The second kappa shape index (κ2) is 6.39. The third kappa shape index (κ3) is 4.19. The van der Waals surface area contributed by atoms with Crippen molar-refractivity contribution >= 4 is 11.6 Å². The predicted octanol–water partition coefficient (Wildman–Crippen LogP) is 1.70. The van der Waals surface area contributed by atoms with Crippen molar-refractivity contribution in [3.63, 3.8) is 0 Å². The Morgan fingerprint density at radius 3 is 2.65 bits per heavy atom. The summed E-state index contributed by atoms with van der Waals surface area (Å²) in [6, 6.07) is 1.98. The van der Waals surface area contributed by atoms with Crippen molar-refractivity contribution in [1.82, 2.24) is 9.97 Å². The Morgan fingerprint density at radius 1 is 1.41 bits per heavy atom. The highest BCUT2D eigenvalue weighted by atomic mass is 16.5. The smallest absolute Gasteiger partial charge is 0.132 e. The Balaban J connectivity index is 2.81.